The van der Waals surface area contributed by atoms with Crippen molar-refractivity contribution < 1.29 is 15.0 Å². The standard InChI is InChI=1S/C22H27NO3/c24-20-8-4-7-18(15-20)16-22(26)23-13-11-19(12-14-23)21(25)10-9-17-5-2-1-3-6-17/h1-8,15,19,21,24-25H,9-14,16H2/t21-/m1/s1. The average Bonchev–Trinajstić information content (AvgIpc) is 2.67. The summed E-state index contributed by atoms with van der Waals surface area (Å²) in [5.41, 5.74) is 2.09. The van der Waals surface area contributed by atoms with Crippen LogP contribution in [0.2, 0.25) is 0 Å². The van der Waals surface area contributed by atoms with Crippen LogP contribution in [0.1, 0.15) is 30.4 Å². The zero-order chi connectivity index (χ0) is 18.4. The molecule has 138 valence electrons. The summed E-state index contributed by atoms with van der Waals surface area (Å²) in [6.45, 7) is 1.40. The van der Waals surface area contributed by atoms with Crippen LogP contribution in [-0.4, -0.2) is 40.2 Å². The van der Waals surface area contributed by atoms with Crippen molar-refractivity contribution in [2.45, 2.75) is 38.2 Å². The number of aryl methyl sites for hydroxylation is 1. The molecule has 0 saturated carbocycles. The maximum atomic E-state index is 12.4. The molecule has 0 unspecified atom stereocenters. The number of rotatable bonds is 6. The van der Waals surface area contributed by atoms with E-state index in [4.69, 9.17) is 0 Å². The molecule has 2 aromatic rings. The lowest BCUT2D eigenvalue weighted by Gasteiger charge is -2.34. The second-order valence-electron chi connectivity index (χ2n) is 7.16. The third-order valence-electron chi connectivity index (χ3n) is 5.27. The number of piperidine rings is 1. The minimum atomic E-state index is -0.307. The molecule has 1 saturated heterocycles. The smallest absolute Gasteiger partial charge is 0.226 e. The van der Waals surface area contributed by atoms with Gasteiger partial charge in [-0.2, -0.15) is 0 Å². The number of aliphatic hydroxyl groups is 1. The van der Waals surface area contributed by atoms with E-state index in [2.05, 4.69) is 12.1 Å². The molecule has 1 aliphatic rings. The number of carbonyl (C=O) groups excluding carboxylic acids is 1. The van der Waals surface area contributed by atoms with E-state index in [0.29, 0.717) is 19.5 Å². The van der Waals surface area contributed by atoms with Gasteiger partial charge >= 0.3 is 0 Å². The lowest BCUT2D eigenvalue weighted by molar-refractivity contribution is -0.132. The van der Waals surface area contributed by atoms with Gasteiger partial charge in [0.05, 0.1) is 12.5 Å². The molecule has 0 aliphatic carbocycles. The molecule has 1 heterocycles. The molecule has 1 amide bonds. The van der Waals surface area contributed by atoms with Gasteiger partial charge in [0.2, 0.25) is 5.91 Å². The Morgan fingerprint density at radius 1 is 1.04 bits per heavy atom. The van der Waals surface area contributed by atoms with E-state index >= 15 is 0 Å². The first-order chi connectivity index (χ1) is 12.6. The van der Waals surface area contributed by atoms with Gasteiger partial charge in [0.25, 0.3) is 0 Å². The first kappa shape index (κ1) is 18.5. The fourth-order valence-electron chi connectivity index (χ4n) is 3.68. The van der Waals surface area contributed by atoms with Gasteiger partial charge in [-0.1, -0.05) is 42.5 Å². The van der Waals surface area contributed by atoms with E-state index in [-0.39, 0.29) is 23.7 Å². The van der Waals surface area contributed by atoms with Gasteiger partial charge in [-0.15, -0.1) is 0 Å². The molecule has 1 aliphatic heterocycles. The van der Waals surface area contributed by atoms with E-state index in [1.165, 1.54) is 5.56 Å². The van der Waals surface area contributed by atoms with Crippen molar-refractivity contribution in [1.82, 2.24) is 4.90 Å². The molecule has 0 bridgehead atoms. The average molecular weight is 353 g/mol. The van der Waals surface area contributed by atoms with Crippen LogP contribution in [-0.2, 0) is 17.6 Å². The van der Waals surface area contributed by atoms with E-state index in [1.807, 2.05) is 29.2 Å². The van der Waals surface area contributed by atoms with Crippen LogP contribution < -0.4 is 0 Å². The van der Waals surface area contributed by atoms with Crippen LogP contribution in [0.3, 0.4) is 0 Å². The SMILES string of the molecule is O=C(Cc1cccc(O)c1)N1CCC([C@H](O)CCc2ccccc2)CC1. The summed E-state index contributed by atoms with van der Waals surface area (Å²) in [7, 11) is 0. The summed E-state index contributed by atoms with van der Waals surface area (Å²) >= 11 is 0. The molecule has 0 aromatic heterocycles. The summed E-state index contributed by atoms with van der Waals surface area (Å²) in [5, 5.41) is 20.0. The molecule has 0 radical (unpaired) electrons. The Morgan fingerprint density at radius 3 is 2.42 bits per heavy atom. The van der Waals surface area contributed by atoms with E-state index in [0.717, 1.165) is 31.2 Å². The summed E-state index contributed by atoms with van der Waals surface area (Å²) < 4.78 is 0. The molecule has 2 N–H and O–H groups in total. The van der Waals surface area contributed by atoms with Gasteiger partial charge in [0.15, 0.2) is 0 Å². The van der Waals surface area contributed by atoms with Gasteiger partial charge in [-0.05, 0) is 54.9 Å². The minimum Gasteiger partial charge on any atom is -0.508 e. The molecule has 1 fully saturated rings. The van der Waals surface area contributed by atoms with E-state index < -0.39 is 0 Å². The Bertz CT molecular complexity index is 708. The van der Waals surface area contributed by atoms with Crippen molar-refractivity contribution in [2.24, 2.45) is 5.92 Å². The first-order valence-corrected chi connectivity index (χ1v) is 9.39. The second-order valence-corrected chi connectivity index (χ2v) is 7.16. The lowest BCUT2D eigenvalue weighted by Crippen LogP contribution is -2.42. The Kier molecular flexibility index (Phi) is 6.29. The van der Waals surface area contributed by atoms with Crippen molar-refractivity contribution >= 4 is 5.91 Å². The van der Waals surface area contributed by atoms with Crippen LogP contribution in [0, 0.1) is 5.92 Å². The summed E-state index contributed by atoms with van der Waals surface area (Å²) in [6.07, 6.45) is 3.36. The maximum Gasteiger partial charge on any atom is 0.226 e. The largest absolute Gasteiger partial charge is 0.508 e. The van der Waals surface area contributed by atoms with Crippen LogP contribution in [0.4, 0.5) is 0 Å². The molecule has 0 spiro atoms. The third-order valence-corrected chi connectivity index (χ3v) is 5.27. The zero-order valence-corrected chi connectivity index (χ0v) is 15.1. The number of phenolic OH excluding ortho intramolecular Hbond substituents is 1. The molecule has 26 heavy (non-hydrogen) atoms. The molecule has 3 rings (SSSR count). The number of aliphatic hydroxyl groups excluding tert-OH is 1. The van der Waals surface area contributed by atoms with Gasteiger partial charge in [-0.25, -0.2) is 0 Å². The lowest BCUT2D eigenvalue weighted by atomic mass is 9.88. The van der Waals surface area contributed by atoms with Gasteiger partial charge in [-0.3, -0.25) is 4.79 Å². The summed E-state index contributed by atoms with van der Waals surface area (Å²) in [6, 6.07) is 17.1. The predicted octanol–water partition coefficient (Wildman–Crippen LogP) is 3.17. The van der Waals surface area contributed by atoms with Crippen molar-refractivity contribution in [1.29, 1.82) is 0 Å². The van der Waals surface area contributed by atoms with Crippen molar-refractivity contribution in [2.75, 3.05) is 13.1 Å². The number of aromatic hydroxyl groups is 1. The number of nitrogens with zero attached hydrogens (tertiary/aromatic N) is 1. The number of carbonyl (C=O) groups is 1. The molecule has 4 heteroatoms. The fourth-order valence-corrected chi connectivity index (χ4v) is 3.68. The predicted molar refractivity (Wildman–Crippen MR) is 102 cm³/mol. The summed E-state index contributed by atoms with van der Waals surface area (Å²) in [5.74, 6) is 0.548. The molecule has 4 nitrogen and oxygen atoms in total. The molecule has 1 atom stereocenters. The second kappa shape index (κ2) is 8.86. The highest BCUT2D eigenvalue weighted by atomic mass is 16.3. The summed E-state index contributed by atoms with van der Waals surface area (Å²) in [4.78, 5) is 14.3. The van der Waals surface area contributed by atoms with Crippen LogP contribution in [0.25, 0.3) is 0 Å². The Labute approximate surface area is 155 Å². The number of hydrogen-bond acceptors (Lipinski definition) is 3. The van der Waals surface area contributed by atoms with Gasteiger partial charge in [0.1, 0.15) is 5.75 Å². The zero-order valence-electron chi connectivity index (χ0n) is 15.1. The highest BCUT2D eigenvalue weighted by Gasteiger charge is 2.27. The van der Waals surface area contributed by atoms with Gasteiger partial charge in [0, 0.05) is 13.1 Å². The Balaban J connectivity index is 1.43. The first-order valence-electron chi connectivity index (χ1n) is 9.39. The molecule has 2 aromatic carbocycles. The minimum absolute atomic E-state index is 0.0906. The Morgan fingerprint density at radius 2 is 1.73 bits per heavy atom. The normalized spacial score (nSPS) is 16.4. The number of phenols is 1. The Hall–Kier alpha value is -2.33. The highest BCUT2D eigenvalue weighted by molar-refractivity contribution is 5.79. The van der Waals surface area contributed by atoms with E-state index in [1.54, 1.807) is 18.2 Å². The van der Waals surface area contributed by atoms with Crippen molar-refractivity contribution in [3.05, 3.63) is 65.7 Å². The van der Waals surface area contributed by atoms with Crippen molar-refractivity contribution in [3.63, 3.8) is 0 Å². The van der Waals surface area contributed by atoms with E-state index in [9.17, 15) is 15.0 Å². The quantitative estimate of drug-likeness (QED) is 0.839. The van der Waals surface area contributed by atoms with Crippen LogP contribution in [0.15, 0.2) is 54.6 Å². The topological polar surface area (TPSA) is 60.8 Å². The number of likely N-dealkylation sites (tertiary alicyclic amines) is 1. The number of amides is 1. The monoisotopic (exact) mass is 353 g/mol. The molecular weight excluding hydrogens is 326 g/mol. The van der Waals surface area contributed by atoms with Crippen molar-refractivity contribution in [3.8, 4) is 5.75 Å². The molecular formula is C22H27NO3. The highest BCUT2D eigenvalue weighted by Crippen LogP contribution is 2.24. The number of benzene rings is 2. The fraction of sp³-hybridized carbons (Fsp3) is 0.409. The number of hydrogen-bond donors (Lipinski definition) is 2. The maximum absolute atomic E-state index is 12.4. The van der Waals surface area contributed by atoms with Crippen LogP contribution in [0.5, 0.6) is 5.75 Å². The van der Waals surface area contributed by atoms with Gasteiger partial charge < -0.3 is 15.1 Å². The van der Waals surface area contributed by atoms with Crippen LogP contribution >= 0.6 is 0 Å². The third kappa shape index (κ3) is 5.09.